The first-order chi connectivity index (χ1) is 11.1. The van der Waals surface area contributed by atoms with Crippen LogP contribution < -0.4 is 0 Å². The van der Waals surface area contributed by atoms with Gasteiger partial charge in [0.25, 0.3) is 0 Å². The van der Waals surface area contributed by atoms with E-state index in [1.807, 2.05) is 20.8 Å². The molecule has 0 amide bonds. The van der Waals surface area contributed by atoms with Gasteiger partial charge in [-0.2, -0.15) is 0 Å². The molecule has 0 aliphatic heterocycles. The van der Waals surface area contributed by atoms with E-state index < -0.39 is 11.6 Å². The second kappa shape index (κ2) is 14.6. The molecule has 0 aromatic rings. The number of ether oxygens (including phenoxy) is 1. The number of rotatable bonds is 15. The highest BCUT2D eigenvalue weighted by atomic mass is 16.5. The van der Waals surface area contributed by atoms with Gasteiger partial charge in [0.1, 0.15) is 0 Å². The average Bonchev–Trinajstić information content (AvgIpc) is 2.55. The van der Waals surface area contributed by atoms with Gasteiger partial charge in [-0.05, 0) is 32.6 Å². The third-order valence-electron chi connectivity index (χ3n) is 4.53. The molecule has 0 fully saturated rings. The summed E-state index contributed by atoms with van der Waals surface area (Å²) in [6, 6.07) is 0. The van der Waals surface area contributed by atoms with Crippen molar-refractivity contribution in [2.24, 2.45) is 0 Å². The van der Waals surface area contributed by atoms with Gasteiger partial charge in [-0.15, -0.1) is 11.8 Å². The zero-order valence-corrected chi connectivity index (χ0v) is 15.5. The maximum atomic E-state index is 11.3. The lowest BCUT2D eigenvalue weighted by Gasteiger charge is -2.27. The van der Waals surface area contributed by atoms with E-state index in [-0.39, 0.29) is 0 Å². The Kier molecular flexibility index (Phi) is 13.9. The molecule has 0 saturated carbocycles. The number of hydrogen-bond acceptors (Lipinski definition) is 2. The van der Waals surface area contributed by atoms with E-state index in [0.717, 1.165) is 19.3 Å². The Hall–Kier alpha value is -1.01. The minimum atomic E-state index is -0.970. The molecule has 0 atom stereocenters. The van der Waals surface area contributed by atoms with Crippen LogP contribution in [0.4, 0.5) is 0 Å². The monoisotopic (exact) mass is 324 g/mol. The van der Waals surface area contributed by atoms with Crippen molar-refractivity contribution >= 4 is 5.97 Å². The number of aliphatic carboxylic acids is 1. The van der Waals surface area contributed by atoms with Crippen LogP contribution in [0.3, 0.4) is 0 Å². The van der Waals surface area contributed by atoms with Gasteiger partial charge in [-0.3, -0.25) is 0 Å². The van der Waals surface area contributed by atoms with Crippen LogP contribution in [0.15, 0.2) is 0 Å². The van der Waals surface area contributed by atoms with E-state index in [1.54, 1.807) is 0 Å². The Morgan fingerprint density at radius 1 is 0.913 bits per heavy atom. The van der Waals surface area contributed by atoms with E-state index in [1.165, 1.54) is 44.9 Å². The van der Waals surface area contributed by atoms with Gasteiger partial charge in [-0.1, -0.05) is 58.8 Å². The number of carbonyl (C=O) groups is 1. The Balaban J connectivity index is 3.45. The number of hydrogen-bond donors (Lipinski definition) is 1. The summed E-state index contributed by atoms with van der Waals surface area (Å²) in [6.07, 6.45) is 13.2. The van der Waals surface area contributed by atoms with E-state index in [4.69, 9.17) is 4.74 Å². The molecule has 0 unspecified atom stereocenters. The molecule has 0 spiro atoms. The highest BCUT2D eigenvalue weighted by Crippen LogP contribution is 2.21. The first-order valence-electron chi connectivity index (χ1n) is 9.40. The van der Waals surface area contributed by atoms with Gasteiger partial charge in [-0.25, -0.2) is 4.79 Å². The van der Waals surface area contributed by atoms with Crippen molar-refractivity contribution in [1.29, 1.82) is 0 Å². The van der Waals surface area contributed by atoms with Crippen LogP contribution in [0.5, 0.6) is 0 Å². The molecule has 134 valence electrons. The van der Waals surface area contributed by atoms with Gasteiger partial charge in [0.05, 0.1) is 0 Å². The quantitative estimate of drug-likeness (QED) is 0.316. The molecule has 0 aromatic heterocycles. The molecule has 0 bridgehead atoms. The normalized spacial score (nSPS) is 11.1. The fourth-order valence-electron chi connectivity index (χ4n) is 2.76. The van der Waals surface area contributed by atoms with Crippen molar-refractivity contribution < 1.29 is 14.6 Å². The predicted molar refractivity (Wildman–Crippen MR) is 96.5 cm³/mol. The third kappa shape index (κ3) is 10.4. The van der Waals surface area contributed by atoms with Gasteiger partial charge in [0.2, 0.25) is 0 Å². The summed E-state index contributed by atoms with van der Waals surface area (Å²) < 4.78 is 5.67. The van der Waals surface area contributed by atoms with Crippen LogP contribution in [0.1, 0.15) is 97.8 Å². The minimum Gasteiger partial charge on any atom is -0.479 e. The number of carboxylic acid groups (broad SMARTS) is 1. The smallest absolute Gasteiger partial charge is 0.335 e. The molecule has 0 aromatic carbocycles. The first-order valence-corrected chi connectivity index (χ1v) is 9.40. The fraction of sp³-hybridized carbons (Fsp3) is 0.850. The topological polar surface area (TPSA) is 46.5 Å². The lowest BCUT2D eigenvalue weighted by Crippen LogP contribution is -2.40. The summed E-state index contributed by atoms with van der Waals surface area (Å²) in [5, 5.41) is 9.28. The second-order valence-electron chi connectivity index (χ2n) is 6.21. The van der Waals surface area contributed by atoms with E-state index in [0.29, 0.717) is 19.4 Å². The molecule has 0 aliphatic rings. The summed E-state index contributed by atoms with van der Waals surface area (Å²) in [7, 11) is 0. The molecule has 3 nitrogen and oxygen atoms in total. The molecule has 23 heavy (non-hydrogen) atoms. The van der Waals surface area contributed by atoms with Crippen molar-refractivity contribution in [3.05, 3.63) is 0 Å². The van der Waals surface area contributed by atoms with Crippen molar-refractivity contribution in [2.45, 2.75) is 103 Å². The summed E-state index contributed by atoms with van der Waals surface area (Å²) in [5.74, 6) is 5.21. The van der Waals surface area contributed by atoms with Crippen molar-refractivity contribution in [1.82, 2.24) is 0 Å². The maximum absolute atomic E-state index is 11.3. The second-order valence-corrected chi connectivity index (χ2v) is 6.21. The highest BCUT2D eigenvalue weighted by Gasteiger charge is 2.35. The van der Waals surface area contributed by atoms with Crippen molar-refractivity contribution in [3.8, 4) is 11.8 Å². The SMILES string of the molecule is CC#CCCCCCCCCCCCOC(CC)(CC)C(=O)O. The van der Waals surface area contributed by atoms with Crippen LogP contribution in [-0.2, 0) is 9.53 Å². The molecule has 3 heteroatoms. The van der Waals surface area contributed by atoms with E-state index in [2.05, 4.69) is 11.8 Å². The lowest BCUT2D eigenvalue weighted by atomic mass is 9.97. The summed E-state index contributed by atoms with van der Waals surface area (Å²) in [5.41, 5.74) is -0.970. The van der Waals surface area contributed by atoms with Gasteiger partial charge in [0.15, 0.2) is 5.60 Å². The summed E-state index contributed by atoms with van der Waals surface area (Å²) in [6.45, 7) is 6.22. The molecular formula is C20H36O3. The number of carboxylic acids is 1. The van der Waals surface area contributed by atoms with Crippen LogP contribution >= 0.6 is 0 Å². The zero-order chi connectivity index (χ0) is 17.4. The lowest BCUT2D eigenvalue weighted by molar-refractivity contribution is -0.167. The largest absolute Gasteiger partial charge is 0.479 e. The van der Waals surface area contributed by atoms with Gasteiger partial charge in [0, 0.05) is 13.0 Å². The summed E-state index contributed by atoms with van der Waals surface area (Å²) >= 11 is 0. The third-order valence-corrected chi connectivity index (χ3v) is 4.53. The maximum Gasteiger partial charge on any atom is 0.335 e. The van der Waals surface area contributed by atoms with E-state index >= 15 is 0 Å². The summed E-state index contributed by atoms with van der Waals surface area (Å²) in [4.78, 5) is 11.3. The number of unbranched alkanes of at least 4 members (excludes halogenated alkanes) is 9. The van der Waals surface area contributed by atoms with Crippen molar-refractivity contribution in [3.63, 3.8) is 0 Å². The Morgan fingerprint density at radius 2 is 1.39 bits per heavy atom. The molecule has 0 heterocycles. The van der Waals surface area contributed by atoms with Crippen LogP contribution in [0.25, 0.3) is 0 Å². The molecule has 0 saturated heterocycles. The van der Waals surface area contributed by atoms with Gasteiger partial charge >= 0.3 is 5.97 Å². The molecule has 1 N–H and O–H groups in total. The molecular weight excluding hydrogens is 288 g/mol. The van der Waals surface area contributed by atoms with Crippen LogP contribution in [0, 0.1) is 11.8 Å². The van der Waals surface area contributed by atoms with Crippen molar-refractivity contribution in [2.75, 3.05) is 6.61 Å². The first kappa shape index (κ1) is 22.0. The molecule has 0 radical (unpaired) electrons. The zero-order valence-electron chi connectivity index (χ0n) is 15.5. The standard InChI is InChI=1S/C20H36O3/c1-4-7-8-9-10-11-12-13-14-15-16-17-18-23-20(5-2,6-3)19(21)22/h5-6,8-18H2,1-3H3,(H,21,22). The minimum absolute atomic E-state index is 0.530. The Morgan fingerprint density at radius 3 is 1.83 bits per heavy atom. The average molecular weight is 325 g/mol. The van der Waals surface area contributed by atoms with Crippen LogP contribution in [0.2, 0.25) is 0 Å². The Bertz CT molecular complexity index is 348. The highest BCUT2D eigenvalue weighted by molar-refractivity contribution is 5.77. The molecule has 0 rings (SSSR count). The van der Waals surface area contributed by atoms with Gasteiger partial charge < -0.3 is 9.84 Å². The molecule has 0 aliphatic carbocycles. The Labute approximate surface area is 143 Å². The van der Waals surface area contributed by atoms with E-state index in [9.17, 15) is 9.90 Å². The predicted octanol–water partition coefficient (Wildman–Crippen LogP) is 5.57. The van der Waals surface area contributed by atoms with Crippen LogP contribution in [-0.4, -0.2) is 23.3 Å². The fourth-order valence-corrected chi connectivity index (χ4v) is 2.76.